The number of imidazole rings is 1. The van der Waals surface area contributed by atoms with Gasteiger partial charge in [0, 0.05) is 18.5 Å². The Labute approximate surface area is 125 Å². The number of aromatic hydroxyl groups is 1. The van der Waals surface area contributed by atoms with Crippen molar-refractivity contribution in [2.24, 2.45) is 0 Å². The molecule has 0 spiro atoms. The van der Waals surface area contributed by atoms with Gasteiger partial charge in [-0.15, -0.1) is 0 Å². The largest absolute Gasteiger partial charge is 0.508 e. The van der Waals surface area contributed by atoms with Gasteiger partial charge in [0.25, 0.3) is 5.56 Å². The second-order valence-corrected chi connectivity index (χ2v) is 4.75. The van der Waals surface area contributed by atoms with E-state index in [2.05, 4.69) is 4.98 Å². The Morgan fingerprint density at radius 2 is 2.09 bits per heavy atom. The lowest BCUT2D eigenvalue weighted by Gasteiger charge is -2.06. The van der Waals surface area contributed by atoms with Gasteiger partial charge >= 0.3 is 5.97 Å². The maximum Gasteiger partial charge on any atom is 0.358 e. The maximum absolute atomic E-state index is 11.9. The standard InChI is InChI=1S/C15H13N3O4/c1-9-14(15(21)22-2)16-12-4-3-10(8-18(9)12)17-6-5-11(19)7-13(17)20/h3-8,19H,1-2H3. The Bertz CT molecular complexity index is 940. The number of aromatic nitrogens is 3. The molecule has 0 aliphatic carbocycles. The molecule has 0 aliphatic rings. The van der Waals surface area contributed by atoms with Gasteiger partial charge in [0.2, 0.25) is 0 Å². The summed E-state index contributed by atoms with van der Waals surface area (Å²) in [6.45, 7) is 1.75. The third kappa shape index (κ3) is 2.12. The fraction of sp³-hybridized carbons (Fsp3) is 0.133. The van der Waals surface area contributed by atoms with Gasteiger partial charge in [-0.1, -0.05) is 0 Å². The third-order valence-electron chi connectivity index (χ3n) is 3.40. The van der Waals surface area contributed by atoms with Crippen LogP contribution >= 0.6 is 0 Å². The molecule has 1 N–H and O–H groups in total. The molecule has 0 saturated carbocycles. The Morgan fingerprint density at radius 3 is 2.77 bits per heavy atom. The van der Waals surface area contributed by atoms with Crippen LogP contribution in [0.15, 0.2) is 41.5 Å². The van der Waals surface area contributed by atoms with E-state index in [1.165, 1.54) is 23.9 Å². The van der Waals surface area contributed by atoms with Crippen molar-refractivity contribution in [3.05, 3.63) is 58.4 Å². The molecule has 3 aromatic rings. The van der Waals surface area contributed by atoms with Crippen LogP contribution in [0.4, 0.5) is 0 Å². The van der Waals surface area contributed by atoms with Crippen LogP contribution in [-0.2, 0) is 4.74 Å². The minimum absolute atomic E-state index is 0.0888. The molecule has 112 valence electrons. The molecular weight excluding hydrogens is 286 g/mol. The van der Waals surface area contributed by atoms with Crippen molar-refractivity contribution in [3.8, 4) is 11.4 Å². The minimum atomic E-state index is -0.510. The Morgan fingerprint density at radius 1 is 1.32 bits per heavy atom. The Hall–Kier alpha value is -3.09. The first-order valence-electron chi connectivity index (χ1n) is 6.50. The van der Waals surface area contributed by atoms with E-state index in [4.69, 9.17) is 4.74 Å². The van der Waals surface area contributed by atoms with Crippen molar-refractivity contribution in [2.45, 2.75) is 6.92 Å². The van der Waals surface area contributed by atoms with Crippen molar-refractivity contribution >= 4 is 11.6 Å². The number of methoxy groups -OCH3 is 1. The Balaban J connectivity index is 2.19. The number of ether oxygens (including phenoxy) is 1. The number of pyridine rings is 2. The molecular formula is C15H13N3O4. The zero-order chi connectivity index (χ0) is 15.9. The lowest BCUT2D eigenvalue weighted by molar-refractivity contribution is 0.0594. The quantitative estimate of drug-likeness (QED) is 0.721. The number of carbonyl (C=O) groups is 1. The highest BCUT2D eigenvalue weighted by atomic mass is 16.5. The van der Waals surface area contributed by atoms with Crippen LogP contribution in [0.2, 0.25) is 0 Å². The van der Waals surface area contributed by atoms with Crippen molar-refractivity contribution in [3.63, 3.8) is 0 Å². The summed E-state index contributed by atoms with van der Waals surface area (Å²) < 4.78 is 7.79. The first-order valence-corrected chi connectivity index (χ1v) is 6.50. The highest BCUT2D eigenvalue weighted by molar-refractivity contribution is 5.89. The fourth-order valence-electron chi connectivity index (χ4n) is 2.27. The molecule has 3 aromatic heterocycles. The summed E-state index contributed by atoms with van der Waals surface area (Å²) in [4.78, 5) is 27.8. The third-order valence-corrected chi connectivity index (χ3v) is 3.40. The van der Waals surface area contributed by atoms with Crippen LogP contribution in [0.25, 0.3) is 11.3 Å². The van der Waals surface area contributed by atoms with Gasteiger partial charge in [-0.05, 0) is 25.1 Å². The number of hydrogen-bond acceptors (Lipinski definition) is 5. The number of aryl methyl sites for hydroxylation is 1. The molecule has 0 aliphatic heterocycles. The number of fused-ring (bicyclic) bond motifs is 1. The summed E-state index contributed by atoms with van der Waals surface area (Å²) in [7, 11) is 1.30. The second-order valence-electron chi connectivity index (χ2n) is 4.75. The molecule has 7 heteroatoms. The van der Waals surface area contributed by atoms with Gasteiger partial charge in [0.05, 0.1) is 18.5 Å². The zero-order valence-corrected chi connectivity index (χ0v) is 12.0. The molecule has 0 saturated heterocycles. The summed E-state index contributed by atoms with van der Waals surface area (Å²) >= 11 is 0. The number of hydrogen-bond donors (Lipinski definition) is 1. The van der Waals surface area contributed by atoms with Crippen molar-refractivity contribution in [1.29, 1.82) is 0 Å². The number of rotatable bonds is 2. The fourth-order valence-corrected chi connectivity index (χ4v) is 2.27. The van der Waals surface area contributed by atoms with Crippen molar-refractivity contribution in [1.82, 2.24) is 14.0 Å². The van der Waals surface area contributed by atoms with E-state index in [-0.39, 0.29) is 17.0 Å². The molecule has 0 radical (unpaired) electrons. The molecule has 3 rings (SSSR count). The number of esters is 1. The predicted octanol–water partition coefficient (Wildman–Crippen LogP) is 1.29. The van der Waals surface area contributed by atoms with Crippen LogP contribution in [-0.4, -0.2) is 32.1 Å². The van der Waals surface area contributed by atoms with Gasteiger partial charge in [-0.25, -0.2) is 9.78 Å². The van der Waals surface area contributed by atoms with Gasteiger partial charge in [0.15, 0.2) is 5.69 Å². The zero-order valence-electron chi connectivity index (χ0n) is 12.0. The highest BCUT2D eigenvalue weighted by Gasteiger charge is 2.16. The summed E-state index contributed by atoms with van der Waals surface area (Å²) in [5.74, 6) is -0.598. The van der Waals surface area contributed by atoms with E-state index in [0.717, 1.165) is 6.07 Å². The average Bonchev–Trinajstić information content (AvgIpc) is 2.83. The molecule has 7 nitrogen and oxygen atoms in total. The maximum atomic E-state index is 11.9. The van der Waals surface area contributed by atoms with E-state index in [9.17, 15) is 14.7 Å². The summed E-state index contributed by atoms with van der Waals surface area (Å²) in [6, 6.07) is 5.96. The van der Waals surface area contributed by atoms with E-state index in [1.807, 2.05) is 0 Å². The minimum Gasteiger partial charge on any atom is -0.508 e. The highest BCUT2D eigenvalue weighted by Crippen LogP contribution is 2.16. The summed E-state index contributed by atoms with van der Waals surface area (Å²) in [5.41, 5.74) is 1.67. The van der Waals surface area contributed by atoms with Gasteiger partial charge in [-0.3, -0.25) is 9.36 Å². The van der Waals surface area contributed by atoms with Crippen LogP contribution in [0, 0.1) is 6.92 Å². The van der Waals surface area contributed by atoms with E-state index in [1.54, 1.807) is 29.7 Å². The van der Waals surface area contributed by atoms with E-state index in [0.29, 0.717) is 17.0 Å². The van der Waals surface area contributed by atoms with Gasteiger partial charge < -0.3 is 14.2 Å². The Kier molecular flexibility index (Phi) is 3.17. The molecule has 0 unspecified atom stereocenters. The smallest absolute Gasteiger partial charge is 0.358 e. The van der Waals surface area contributed by atoms with E-state index >= 15 is 0 Å². The number of carbonyl (C=O) groups excluding carboxylic acids is 1. The molecule has 22 heavy (non-hydrogen) atoms. The normalized spacial score (nSPS) is 10.8. The summed E-state index contributed by atoms with van der Waals surface area (Å²) in [5, 5.41) is 9.31. The monoisotopic (exact) mass is 299 g/mol. The second kappa shape index (κ2) is 5.03. The molecule has 0 bridgehead atoms. The SMILES string of the molecule is COC(=O)c1nc2ccc(-n3ccc(O)cc3=O)cn2c1C. The van der Waals surface area contributed by atoms with Crippen LogP contribution < -0.4 is 5.56 Å². The van der Waals surface area contributed by atoms with E-state index < -0.39 is 5.97 Å². The molecule has 0 aromatic carbocycles. The predicted molar refractivity (Wildman–Crippen MR) is 78.5 cm³/mol. The van der Waals surface area contributed by atoms with Gasteiger partial charge in [-0.2, -0.15) is 0 Å². The summed E-state index contributed by atoms with van der Waals surface area (Å²) in [6.07, 6.45) is 3.18. The van der Waals surface area contributed by atoms with Crippen LogP contribution in [0.5, 0.6) is 5.75 Å². The van der Waals surface area contributed by atoms with Crippen molar-refractivity contribution in [2.75, 3.05) is 7.11 Å². The molecule has 0 amide bonds. The molecule has 3 heterocycles. The lowest BCUT2D eigenvalue weighted by Crippen LogP contribution is -2.16. The van der Waals surface area contributed by atoms with Crippen LogP contribution in [0.3, 0.4) is 0 Å². The average molecular weight is 299 g/mol. The lowest BCUT2D eigenvalue weighted by atomic mass is 10.3. The number of nitrogens with zero attached hydrogens (tertiary/aromatic N) is 3. The molecule has 0 atom stereocenters. The van der Waals surface area contributed by atoms with Crippen LogP contribution in [0.1, 0.15) is 16.2 Å². The van der Waals surface area contributed by atoms with Gasteiger partial charge in [0.1, 0.15) is 11.4 Å². The molecule has 0 fully saturated rings. The first-order chi connectivity index (χ1) is 10.5. The topological polar surface area (TPSA) is 85.8 Å². The van der Waals surface area contributed by atoms with Crippen molar-refractivity contribution < 1.29 is 14.6 Å². The first kappa shape index (κ1) is 13.9.